The van der Waals surface area contributed by atoms with E-state index in [0.29, 0.717) is 18.6 Å². The van der Waals surface area contributed by atoms with Crippen molar-refractivity contribution in [1.29, 1.82) is 0 Å². The average Bonchev–Trinajstić information content (AvgIpc) is 3.21. The monoisotopic (exact) mass is 879 g/mol. The summed E-state index contributed by atoms with van der Waals surface area (Å²) in [4.78, 5) is 22.8. The van der Waals surface area contributed by atoms with E-state index in [1.54, 1.807) is 28.1 Å². The Kier molecular flexibility index (Phi) is 18.2. The zero-order valence-electron chi connectivity index (χ0n) is 40.6. The lowest BCUT2D eigenvalue weighted by Gasteiger charge is -2.50. The molecule has 1 aliphatic carbocycles. The van der Waals surface area contributed by atoms with Crippen molar-refractivity contribution in [2.75, 3.05) is 28.3 Å². The molecule has 1 saturated carbocycles. The highest BCUT2D eigenvalue weighted by Gasteiger charge is 2.53. The van der Waals surface area contributed by atoms with Crippen molar-refractivity contribution < 1.29 is 58.5 Å². The van der Waals surface area contributed by atoms with E-state index in [2.05, 4.69) is 6.07 Å². The third-order valence-electron chi connectivity index (χ3n) is 14.8. The van der Waals surface area contributed by atoms with E-state index < -0.39 is 95.6 Å². The summed E-state index contributed by atoms with van der Waals surface area (Å²) in [5, 5.41) is 52.1. The topological polar surface area (TPSA) is 178 Å². The number of aliphatic hydroxyl groups excluding tert-OH is 3. The lowest BCUT2D eigenvalue weighted by atomic mass is 9.69. The van der Waals surface area contributed by atoms with Crippen molar-refractivity contribution in [3.8, 4) is 0 Å². The molecule has 4 rings (SSSR count). The van der Waals surface area contributed by atoms with Crippen molar-refractivity contribution in [3.05, 3.63) is 34.9 Å². The van der Waals surface area contributed by atoms with Gasteiger partial charge in [-0.1, -0.05) is 70.0 Å². The summed E-state index contributed by atoms with van der Waals surface area (Å²) in [5.41, 5.74) is -0.240. The second kappa shape index (κ2) is 21.5. The van der Waals surface area contributed by atoms with Gasteiger partial charge in [0, 0.05) is 56.8 Å². The van der Waals surface area contributed by atoms with E-state index in [0.717, 1.165) is 16.7 Å². The number of aliphatic hydroxyl groups is 4. The number of carbonyl (C=O) groups is 1. The summed E-state index contributed by atoms with van der Waals surface area (Å²) in [6.45, 7) is 22.8. The van der Waals surface area contributed by atoms with Crippen LogP contribution in [0.25, 0.3) is 0 Å². The van der Waals surface area contributed by atoms with Crippen LogP contribution in [0.1, 0.15) is 118 Å². The van der Waals surface area contributed by atoms with Gasteiger partial charge in [0.1, 0.15) is 24.6 Å². The standard InChI is InChI=1S/C48H82N2O12/c1-17-35-22-37(51)30(6)41(61-38-24-46(10,56-15)43(54)33(9)60-38)32(8)44(62-45-40(52)36(50(13)14)21-29(5)59-45)47(11,57-16)23-28(4)39(31(7)42(53)48(35,12)55)49-58-25-34-20-26(2)18-19-27(34)3/h18-20,28-33,35-36,38,40-45,52-55H,17,21-25H2,1-16H3/b49-39+/t28-,29-,30+,31+,32+,33+,35+,36+,38+,40-,41-,42-,43+,44-,45+,46-,47-,48-/m1/s1. The van der Waals surface area contributed by atoms with Crippen LogP contribution in [0.5, 0.6) is 0 Å². The summed E-state index contributed by atoms with van der Waals surface area (Å²) in [7, 11) is 6.98. The smallest absolute Gasteiger partial charge is 0.185 e. The van der Waals surface area contributed by atoms with Gasteiger partial charge in [0.15, 0.2) is 12.6 Å². The highest BCUT2D eigenvalue weighted by molar-refractivity contribution is 5.89. The summed E-state index contributed by atoms with van der Waals surface area (Å²) in [6, 6.07) is 5.88. The molecule has 62 heavy (non-hydrogen) atoms. The Labute approximate surface area is 371 Å². The quantitative estimate of drug-likeness (QED) is 0.199. The number of ether oxygens (including phenoxy) is 6. The van der Waals surface area contributed by atoms with Crippen molar-refractivity contribution >= 4 is 11.5 Å². The number of hydrogen-bond donors (Lipinski definition) is 4. The molecular weight excluding hydrogens is 797 g/mol. The van der Waals surface area contributed by atoms with E-state index in [1.807, 2.05) is 100 Å². The fraction of sp³-hybridized carbons (Fsp3) is 0.833. The summed E-state index contributed by atoms with van der Waals surface area (Å²) < 4.78 is 39.1. The van der Waals surface area contributed by atoms with E-state index in [-0.39, 0.29) is 43.8 Å². The number of rotatable bonds is 11. The van der Waals surface area contributed by atoms with Gasteiger partial charge in [-0.15, -0.1) is 0 Å². The largest absolute Gasteiger partial charge is 0.391 e. The maximum Gasteiger partial charge on any atom is 0.185 e. The molecule has 1 aromatic rings. The van der Waals surface area contributed by atoms with Crippen LogP contribution in [-0.4, -0.2) is 143 Å². The van der Waals surface area contributed by atoms with Crippen molar-refractivity contribution in [1.82, 2.24) is 4.90 Å². The van der Waals surface area contributed by atoms with Crippen LogP contribution >= 0.6 is 0 Å². The Balaban J connectivity index is 1.91. The number of oxime groups is 1. The molecule has 2 heterocycles. The number of carbonyl (C=O) groups excluding carboxylic acids is 1. The highest BCUT2D eigenvalue weighted by Crippen LogP contribution is 2.43. The van der Waals surface area contributed by atoms with Crippen molar-refractivity contribution in [2.45, 2.75) is 200 Å². The third-order valence-corrected chi connectivity index (χ3v) is 14.8. The van der Waals surface area contributed by atoms with Crippen molar-refractivity contribution in [2.24, 2.45) is 34.7 Å². The molecular formula is C48H82N2O12. The molecule has 0 spiro atoms. The molecule has 2 saturated heterocycles. The third kappa shape index (κ3) is 11.6. The number of hydrogen-bond acceptors (Lipinski definition) is 14. The van der Waals surface area contributed by atoms with Gasteiger partial charge in [-0.05, 0) is 92.4 Å². The number of nitrogens with zero attached hydrogens (tertiary/aromatic N) is 2. The highest BCUT2D eigenvalue weighted by atomic mass is 16.7. The number of benzene rings is 1. The Hall–Kier alpha value is -2.08. The molecule has 0 unspecified atom stereocenters. The number of aryl methyl sites for hydroxylation is 2. The number of ketones is 1. The lowest BCUT2D eigenvalue weighted by molar-refractivity contribution is -0.318. The first kappa shape index (κ1) is 52.5. The van der Waals surface area contributed by atoms with Crippen LogP contribution in [0.3, 0.4) is 0 Å². The van der Waals surface area contributed by atoms with Crippen LogP contribution in [-0.2, 0) is 44.7 Å². The first-order valence-corrected chi connectivity index (χ1v) is 22.8. The Bertz CT molecular complexity index is 1640. The summed E-state index contributed by atoms with van der Waals surface area (Å²) in [5.74, 6) is -3.35. The van der Waals surface area contributed by atoms with Gasteiger partial charge in [-0.3, -0.25) is 4.79 Å². The van der Waals surface area contributed by atoms with Crippen molar-refractivity contribution in [3.63, 3.8) is 0 Å². The molecule has 0 radical (unpaired) electrons. The van der Waals surface area contributed by atoms with E-state index >= 15 is 0 Å². The van der Waals surface area contributed by atoms with Gasteiger partial charge in [-0.2, -0.15) is 0 Å². The SMILES string of the molecule is CC[C@H]1CC(=O)[C@H](C)[C@@H](O[C@H]2C[C@@](C)(OC)[C@@H](O)[C@H](C)O2)[C@H](C)[C@@H](O[C@@H]2O[C@H](C)C[C@H](N(C)C)[C@H]2O)[C@](C)(OC)C[C@@H](C)/C(=N\OCc2cc(C)ccc2C)[C@H](C)[C@@H](O)[C@]1(C)O. The molecule has 0 aromatic heterocycles. The van der Waals surface area contributed by atoms with Gasteiger partial charge >= 0.3 is 0 Å². The molecule has 3 fully saturated rings. The van der Waals surface area contributed by atoms with Gasteiger partial charge in [0.2, 0.25) is 0 Å². The lowest BCUT2D eigenvalue weighted by Crippen LogP contribution is -2.61. The fourth-order valence-corrected chi connectivity index (χ4v) is 10.3. The zero-order chi connectivity index (χ0) is 46.6. The minimum atomic E-state index is -1.70. The molecule has 14 nitrogen and oxygen atoms in total. The van der Waals surface area contributed by atoms with Crippen LogP contribution < -0.4 is 0 Å². The van der Waals surface area contributed by atoms with Gasteiger partial charge in [0.05, 0.1) is 53.0 Å². The second-order valence-corrected chi connectivity index (χ2v) is 19.9. The molecule has 3 aliphatic rings. The molecule has 18 atom stereocenters. The predicted molar refractivity (Wildman–Crippen MR) is 237 cm³/mol. The number of methoxy groups -OCH3 is 2. The number of likely N-dealkylation sites (N-methyl/N-ethyl adjacent to an activating group) is 1. The first-order valence-electron chi connectivity index (χ1n) is 22.8. The zero-order valence-corrected chi connectivity index (χ0v) is 40.6. The Morgan fingerprint density at radius 2 is 1.53 bits per heavy atom. The molecule has 14 heteroatoms. The van der Waals surface area contributed by atoms with Gasteiger partial charge < -0.3 is 58.6 Å². The normalized spacial score (nSPS) is 43.7. The molecule has 0 bridgehead atoms. The van der Waals surface area contributed by atoms with Gasteiger partial charge in [-0.25, -0.2) is 0 Å². The van der Waals surface area contributed by atoms with Crippen LogP contribution in [0.2, 0.25) is 0 Å². The molecule has 356 valence electrons. The maximum atomic E-state index is 14.7. The second-order valence-electron chi connectivity index (χ2n) is 19.9. The van der Waals surface area contributed by atoms with E-state index in [9.17, 15) is 25.2 Å². The minimum Gasteiger partial charge on any atom is -0.391 e. The minimum absolute atomic E-state index is 0.0534. The predicted octanol–water partition coefficient (Wildman–Crippen LogP) is 5.72. The van der Waals surface area contributed by atoms with Gasteiger partial charge in [0.25, 0.3) is 0 Å². The Morgan fingerprint density at radius 3 is 2.13 bits per heavy atom. The molecule has 1 aromatic carbocycles. The molecule has 0 amide bonds. The van der Waals surface area contributed by atoms with Crippen LogP contribution in [0.4, 0.5) is 0 Å². The molecule has 2 aliphatic heterocycles. The van der Waals surface area contributed by atoms with E-state index in [4.69, 9.17) is 38.4 Å². The Morgan fingerprint density at radius 1 is 0.887 bits per heavy atom. The van der Waals surface area contributed by atoms with Crippen LogP contribution in [0.15, 0.2) is 23.4 Å². The summed E-state index contributed by atoms with van der Waals surface area (Å²) >= 11 is 0. The first-order chi connectivity index (χ1) is 28.8. The number of Topliss-reactive ketones (excluding diaryl/α,β-unsaturated/α-hetero) is 1. The summed E-state index contributed by atoms with van der Waals surface area (Å²) in [6.07, 6.45) is -6.49. The van der Waals surface area contributed by atoms with Crippen LogP contribution in [0, 0.1) is 43.4 Å². The van der Waals surface area contributed by atoms with E-state index in [1.165, 1.54) is 0 Å². The molecule has 4 N–H and O–H groups in total. The fourth-order valence-electron chi connectivity index (χ4n) is 10.3. The maximum absolute atomic E-state index is 14.7. The average molecular weight is 879 g/mol.